The van der Waals surface area contributed by atoms with E-state index in [1.54, 1.807) is 32.6 Å². The standard InChI is InChI=1S/C31H42F2N8O7S2/c1-17(2)31(34,27(43)44)29(3,4)26(42)40-11-9-39(10-12-40)20-14-19(50(45,46)38-30(5)7-8-30)15-21-22(20)24(48-18-6-13-47-16-18)37-41(21)28-36-35-25(49-28)23(32)33/h14-15,17-18,23,38H,6-13,16,34H2,1-5H3,(H,43,44)/t18?,31-/m0/s1. The first-order valence-electron chi connectivity index (χ1n) is 16.4. The van der Waals surface area contributed by atoms with Gasteiger partial charge in [0, 0.05) is 38.1 Å². The number of carbonyl (C=O) groups excluding carboxylic acids is 1. The van der Waals surface area contributed by atoms with Gasteiger partial charge >= 0.3 is 5.97 Å². The molecule has 50 heavy (non-hydrogen) atoms. The third-order valence-corrected chi connectivity index (χ3v) is 12.6. The minimum atomic E-state index is -4.07. The quantitative estimate of drug-likeness (QED) is 0.246. The molecule has 2 aromatic heterocycles. The van der Waals surface area contributed by atoms with E-state index < -0.39 is 55.7 Å². The van der Waals surface area contributed by atoms with Crippen LogP contribution < -0.4 is 20.1 Å². The number of carbonyl (C=O) groups is 2. The van der Waals surface area contributed by atoms with Gasteiger partial charge in [0.25, 0.3) is 6.43 Å². The Morgan fingerprint density at radius 1 is 1.18 bits per heavy atom. The number of ether oxygens (including phenoxy) is 2. The number of nitrogens with one attached hydrogen (secondary N) is 1. The third-order valence-electron chi connectivity index (χ3n) is 10.1. The lowest BCUT2D eigenvalue weighted by atomic mass is 9.65. The smallest absolute Gasteiger partial charge is 0.325 e. The van der Waals surface area contributed by atoms with E-state index in [1.165, 1.54) is 16.8 Å². The number of alkyl halides is 2. The molecule has 6 rings (SSSR count). The number of nitrogens with zero attached hydrogens (tertiary/aromatic N) is 6. The van der Waals surface area contributed by atoms with Gasteiger partial charge in [-0.3, -0.25) is 9.59 Å². The molecule has 19 heteroatoms. The molecule has 0 bridgehead atoms. The summed E-state index contributed by atoms with van der Waals surface area (Å²) in [6, 6.07) is 2.95. The summed E-state index contributed by atoms with van der Waals surface area (Å²) in [4.78, 5) is 29.6. The molecule has 1 unspecified atom stereocenters. The zero-order valence-electron chi connectivity index (χ0n) is 28.5. The SMILES string of the molecule is CC(C)[C@](N)(C(=O)O)C(C)(C)C(=O)N1CCN(c2cc(S(=O)(=O)NC3(C)CC3)cc3c2c(OC2CCOC2)nn3-c2nnc(C(F)F)s2)CC1. The van der Waals surface area contributed by atoms with Gasteiger partial charge in [-0.15, -0.1) is 15.3 Å². The van der Waals surface area contributed by atoms with Crippen LogP contribution in [0.2, 0.25) is 0 Å². The third kappa shape index (κ3) is 6.42. The molecule has 2 saturated heterocycles. The normalized spacial score (nSPS) is 20.9. The van der Waals surface area contributed by atoms with E-state index in [0.29, 0.717) is 54.9 Å². The van der Waals surface area contributed by atoms with E-state index in [2.05, 4.69) is 20.0 Å². The van der Waals surface area contributed by atoms with Crippen molar-refractivity contribution in [3.05, 3.63) is 17.1 Å². The van der Waals surface area contributed by atoms with Gasteiger partial charge in [0.2, 0.25) is 26.9 Å². The average Bonchev–Trinajstić information content (AvgIpc) is 3.49. The molecule has 274 valence electrons. The number of amides is 1. The highest BCUT2D eigenvalue weighted by Gasteiger charge is 2.56. The summed E-state index contributed by atoms with van der Waals surface area (Å²) in [6.45, 7) is 9.85. The van der Waals surface area contributed by atoms with Gasteiger partial charge in [-0.1, -0.05) is 25.2 Å². The van der Waals surface area contributed by atoms with Crippen molar-refractivity contribution in [3.63, 3.8) is 0 Å². The van der Waals surface area contributed by atoms with Crippen molar-refractivity contribution in [1.29, 1.82) is 0 Å². The van der Waals surface area contributed by atoms with Crippen LogP contribution in [-0.2, 0) is 24.3 Å². The Morgan fingerprint density at radius 2 is 1.86 bits per heavy atom. The lowest BCUT2D eigenvalue weighted by molar-refractivity contribution is -0.161. The molecule has 0 spiro atoms. The Morgan fingerprint density at radius 3 is 2.40 bits per heavy atom. The molecule has 0 radical (unpaired) electrons. The molecule has 2 aliphatic heterocycles. The van der Waals surface area contributed by atoms with E-state index in [9.17, 15) is 31.9 Å². The number of rotatable bonds is 12. The molecule has 3 aliphatic rings. The molecule has 2 atom stereocenters. The van der Waals surface area contributed by atoms with Crippen molar-refractivity contribution >= 4 is 49.8 Å². The van der Waals surface area contributed by atoms with Crippen LogP contribution in [0.25, 0.3) is 16.0 Å². The number of nitrogens with two attached hydrogens (primary N) is 1. The Labute approximate surface area is 292 Å². The number of aromatic nitrogens is 4. The summed E-state index contributed by atoms with van der Waals surface area (Å²) < 4.78 is 70.6. The molecular formula is C31H42F2N8O7S2. The summed E-state index contributed by atoms with van der Waals surface area (Å²) in [5.74, 6) is -2.10. The fourth-order valence-corrected chi connectivity index (χ4v) is 8.77. The zero-order chi connectivity index (χ0) is 36.4. The number of carboxylic acid groups (broad SMARTS) is 1. The van der Waals surface area contributed by atoms with Crippen LogP contribution in [0.1, 0.15) is 65.3 Å². The minimum Gasteiger partial charge on any atom is -0.480 e. The van der Waals surface area contributed by atoms with Gasteiger partial charge in [0.1, 0.15) is 11.6 Å². The highest BCUT2D eigenvalue weighted by molar-refractivity contribution is 7.89. The summed E-state index contributed by atoms with van der Waals surface area (Å²) in [7, 11) is -4.07. The van der Waals surface area contributed by atoms with Gasteiger partial charge in [-0.05, 0) is 51.7 Å². The number of sulfonamides is 1. The number of carboxylic acids is 1. The predicted molar refractivity (Wildman–Crippen MR) is 179 cm³/mol. The van der Waals surface area contributed by atoms with Gasteiger partial charge in [0.05, 0.1) is 40.1 Å². The molecule has 1 saturated carbocycles. The number of anilines is 1. The molecule has 1 aromatic carbocycles. The van der Waals surface area contributed by atoms with Crippen LogP contribution in [-0.4, -0.2) is 107 Å². The average molecular weight is 741 g/mol. The van der Waals surface area contributed by atoms with Gasteiger partial charge in [0.15, 0.2) is 5.01 Å². The zero-order valence-corrected chi connectivity index (χ0v) is 30.1. The minimum absolute atomic E-state index is 0.00284. The summed E-state index contributed by atoms with van der Waals surface area (Å²) in [6.07, 6.45) is -1.29. The highest BCUT2D eigenvalue weighted by atomic mass is 32.2. The number of piperazine rings is 1. The number of benzene rings is 1. The van der Waals surface area contributed by atoms with Crippen molar-refractivity contribution in [2.24, 2.45) is 17.1 Å². The molecule has 15 nitrogen and oxygen atoms in total. The monoisotopic (exact) mass is 740 g/mol. The fraction of sp³-hybridized carbons (Fsp3) is 0.645. The van der Waals surface area contributed by atoms with Crippen molar-refractivity contribution in [1.82, 2.24) is 29.6 Å². The first-order valence-corrected chi connectivity index (χ1v) is 18.7. The van der Waals surface area contributed by atoms with Crippen molar-refractivity contribution in [2.45, 2.75) is 82.4 Å². The number of hydrogen-bond acceptors (Lipinski definition) is 12. The largest absolute Gasteiger partial charge is 0.480 e. The Balaban J connectivity index is 1.43. The number of aliphatic carboxylic acids is 1. The van der Waals surface area contributed by atoms with Crippen molar-refractivity contribution in [2.75, 3.05) is 44.3 Å². The van der Waals surface area contributed by atoms with Crippen LogP contribution in [0.3, 0.4) is 0 Å². The Bertz CT molecular complexity index is 1900. The van der Waals surface area contributed by atoms with Gasteiger partial charge in [-0.25, -0.2) is 26.6 Å². The molecule has 1 aliphatic carbocycles. The molecule has 4 N–H and O–H groups in total. The number of halogens is 2. The number of fused-ring (bicyclic) bond motifs is 1. The van der Waals surface area contributed by atoms with E-state index in [0.717, 1.165) is 0 Å². The van der Waals surface area contributed by atoms with Crippen molar-refractivity contribution in [3.8, 4) is 11.0 Å². The van der Waals surface area contributed by atoms with E-state index in [-0.39, 0.29) is 53.7 Å². The van der Waals surface area contributed by atoms with Crippen LogP contribution >= 0.6 is 11.3 Å². The molecule has 4 heterocycles. The molecule has 3 aromatic rings. The Kier molecular flexibility index (Phi) is 9.37. The number of hydrogen-bond donors (Lipinski definition) is 3. The maximum absolute atomic E-state index is 13.9. The van der Waals surface area contributed by atoms with Crippen LogP contribution in [0, 0.1) is 11.3 Å². The van der Waals surface area contributed by atoms with E-state index in [1.807, 2.05) is 11.8 Å². The Hall–Kier alpha value is -3.52. The van der Waals surface area contributed by atoms with Crippen LogP contribution in [0.15, 0.2) is 17.0 Å². The maximum atomic E-state index is 13.9. The topological polar surface area (TPSA) is 195 Å². The molecular weight excluding hydrogens is 699 g/mol. The van der Waals surface area contributed by atoms with Gasteiger partial charge in [-0.2, -0.15) is 0 Å². The lowest BCUT2D eigenvalue weighted by Crippen LogP contribution is -2.68. The predicted octanol–water partition coefficient (Wildman–Crippen LogP) is 2.93. The van der Waals surface area contributed by atoms with Crippen LogP contribution in [0.5, 0.6) is 5.88 Å². The molecule has 1 amide bonds. The van der Waals surface area contributed by atoms with E-state index in [4.69, 9.17) is 15.2 Å². The second-order valence-corrected chi connectivity index (χ2v) is 16.9. The van der Waals surface area contributed by atoms with E-state index >= 15 is 0 Å². The highest BCUT2D eigenvalue weighted by Crippen LogP contribution is 2.42. The second-order valence-electron chi connectivity index (χ2n) is 14.3. The lowest BCUT2D eigenvalue weighted by Gasteiger charge is -2.46. The summed E-state index contributed by atoms with van der Waals surface area (Å²) >= 11 is 0.625. The first kappa shape index (κ1) is 36.3. The fourth-order valence-electron chi connectivity index (χ4n) is 6.60. The first-order chi connectivity index (χ1) is 23.4. The van der Waals surface area contributed by atoms with Crippen molar-refractivity contribution < 1.29 is 41.4 Å². The molecule has 3 fully saturated rings. The summed E-state index contributed by atoms with van der Waals surface area (Å²) in [5, 5.41) is 22.1. The summed E-state index contributed by atoms with van der Waals surface area (Å²) in [5.41, 5.74) is 3.23. The second kappa shape index (κ2) is 12.9. The maximum Gasteiger partial charge on any atom is 0.325 e. The van der Waals surface area contributed by atoms with Crippen LogP contribution in [0.4, 0.5) is 14.5 Å². The van der Waals surface area contributed by atoms with Gasteiger partial charge < -0.3 is 30.1 Å².